The maximum atomic E-state index is 6.21. The van der Waals surface area contributed by atoms with Crippen molar-refractivity contribution < 1.29 is 4.74 Å². The maximum absolute atomic E-state index is 6.21. The lowest BCUT2D eigenvalue weighted by Crippen LogP contribution is -2.09. The highest BCUT2D eigenvalue weighted by molar-refractivity contribution is 9.10. The summed E-state index contributed by atoms with van der Waals surface area (Å²) in [5.41, 5.74) is 2.91. The van der Waals surface area contributed by atoms with Crippen molar-refractivity contribution in [3.8, 4) is 5.75 Å². The van der Waals surface area contributed by atoms with Gasteiger partial charge in [0.25, 0.3) is 0 Å². The Bertz CT molecular complexity index is 613. The van der Waals surface area contributed by atoms with Gasteiger partial charge in [-0.3, -0.25) is 4.68 Å². The standard InChI is InChI=1S/C14H17BrClN3O/c1-9-14(15)12(19(3)18-9)8-20-13-6-4-5-11(16)10(13)7-17-2/h4-6,17H,7-8H2,1-3H3. The molecule has 0 saturated carbocycles. The number of aryl methyl sites for hydroxylation is 2. The van der Waals surface area contributed by atoms with Gasteiger partial charge in [-0.15, -0.1) is 0 Å². The molecule has 0 atom stereocenters. The van der Waals surface area contributed by atoms with Gasteiger partial charge >= 0.3 is 0 Å². The lowest BCUT2D eigenvalue weighted by Gasteiger charge is -2.13. The summed E-state index contributed by atoms with van der Waals surface area (Å²) in [7, 11) is 3.79. The fourth-order valence-electron chi connectivity index (χ4n) is 2.01. The Labute approximate surface area is 132 Å². The maximum Gasteiger partial charge on any atom is 0.131 e. The van der Waals surface area contributed by atoms with E-state index in [1.54, 1.807) is 0 Å². The van der Waals surface area contributed by atoms with Crippen LogP contribution in [0.25, 0.3) is 0 Å². The molecule has 108 valence electrons. The van der Waals surface area contributed by atoms with Gasteiger partial charge < -0.3 is 10.1 Å². The topological polar surface area (TPSA) is 39.1 Å². The largest absolute Gasteiger partial charge is 0.487 e. The number of hydrogen-bond acceptors (Lipinski definition) is 3. The Balaban J connectivity index is 2.21. The minimum atomic E-state index is 0.439. The summed E-state index contributed by atoms with van der Waals surface area (Å²) in [4.78, 5) is 0. The van der Waals surface area contributed by atoms with Gasteiger partial charge in [0.05, 0.1) is 15.9 Å². The highest BCUT2D eigenvalue weighted by Crippen LogP contribution is 2.28. The molecule has 1 N–H and O–H groups in total. The van der Waals surface area contributed by atoms with Gasteiger partial charge in [0.1, 0.15) is 12.4 Å². The van der Waals surface area contributed by atoms with E-state index in [1.807, 2.05) is 43.9 Å². The average molecular weight is 359 g/mol. The summed E-state index contributed by atoms with van der Waals surface area (Å²) < 4.78 is 8.72. The Morgan fingerprint density at radius 1 is 1.45 bits per heavy atom. The number of nitrogens with zero attached hydrogens (tertiary/aromatic N) is 2. The number of nitrogens with one attached hydrogen (secondary N) is 1. The predicted octanol–water partition coefficient (Wildman–Crippen LogP) is 3.44. The normalized spacial score (nSPS) is 10.8. The highest BCUT2D eigenvalue weighted by atomic mass is 79.9. The molecule has 1 aromatic carbocycles. The van der Waals surface area contributed by atoms with E-state index in [-0.39, 0.29) is 0 Å². The molecule has 0 unspecified atom stereocenters. The quantitative estimate of drug-likeness (QED) is 0.890. The number of ether oxygens (including phenoxy) is 1. The monoisotopic (exact) mass is 357 g/mol. The number of hydrogen-bond donors (Lipinski definition) is 1. The zero-order valence-corrected chi connectivity index (χ0v) is 14.0. The Morgan fingerprint density at radius 3 is 2.80 bits per heavy atom. The van der Waals surface area contributed by atoms with Crippen LogP contribution >= 0.6 is 27.5 Å². The van der Waals surface area contributed by atoms with Crippen molar-refractivity contribution in [3.05, 3.63) is 44.6 Å². The summed E-state index contributed by atoms with van der Waals surface area (Å²) in [6.07, 6.45) is 0. The fraction of sp³-hybridized carbons (Fsp3) is 0.357. The molecule has 0 fully saturated rings. The van der Waals surface area contributed by atoms with Crippen LogP contribution in [0.1, 0.15) is 17.0 Å². The first-order valence-electron chi connectivity index (χ1n) is 6.27. The fourth-order valence-corrected chi connectivity index (χ4v) is 2.69. The van der Waals surface area contributed by atoms with E-state index in [4.69, 9.17) is 16.3 Å². The van der Waals surface area contributed by atoms with Gasteiger partial charge in [-0.05, 0) is 42.0 Å². The van der Waals surface area contributed by atoms with E-state index in [2.05, 4.69) is 26.3 Å². The van der Waals surface area contributed by atoms with Crippen LogP contribution in [-0.2, 0) is 20.2 Å². The SMILES string of the molecule is CNCc1c(Cl)cccc1OCc1c(Br)c(C)nn1C. The zero-order valence-electron chi connectivity index (χ0n) is 11.7. The molecule has 0 spiro atoms. The van der Waals surface area contributed by atoms with Crippen molar-refractivity contribution in [2.45, 2.75) is 20.1 Å². The van der Waals surface area contributed by atoms with E-state index in [0.29, 0.717) is 18.2 Å². The van der Waals surface area contributed by atoms with E-state index in [0.717, 1.165) is 27.2 Å². The van der Waals surface area contributed by atoms with Gasteiger partial charge in [0.15, 0.2) is 0 Å². The summed E-state index contributed by atoms with van der Waals surface area (Å²) in [5.74, 6) is 0.789. The van der Waals surface area contributed by atoms with E-state index >= 15 is 0 Å². The third-order valence-corrected chi connectivity index (χ3v) is 4.44. The second-order valence-corrected chi connectivity index (χ2v) is 5.71. The number of aromatic nitrogens is 2. The van der Waals surface area contributed by atoms with E-state index < -0.39 is 0 Å². The Hall–Kier alpha value is -1.04. The van der Waals surface area contributed by atoms with Crippen molar-refractivity contribution in [1.82, 2.24) is 15.1 Å². The lowest BCUT2D eigenvalue weighted by atomic mass is 10.2. The van der Waals surface area contributed by atoms with Crippen LogP contribution in [-0.4, -0.2) is 16.8 Å². The lowest BCUT2D eigenvalue weighted by molar-refractivity contribution is 0.290. The minimum Gasteiger partial charge on any atom is -0.487 e. The molecule has 2 aromatic rings. The van der Waals surface area contributed by atoms with Crippen LogP contribution in [0.2, 0.25) is 5.02 Å². The van der Waals surface area contributed by atoms with Gasteiger partial charge in [-0.2, -0.15) is 5.10 Å². The zero-order chi connectivity index (χ0) is 14.7. The third-order valence-electron chi connectivity index (χ3n) is 3.06. The van der Waals surface area contributed by atoms with Crippen LogP contribution in [0.4, 0.5) is 0 Å². The van der Waals surface area contributed by atoms with Crippen LogP contribution in [0.5, 0.6) is 5.75 Å². The smallest absolute Gasteiger partial charge is 0.131 e. The average Bonchev–Trinajstić information content (AvgIpc) is 2.65. The number of halogens is 2. The van der Waals surface area contributed by atoms with Crippen molar-refractivity contribution in [2.24, 2.45) is 7.05 Å². The predicted molar refractivity (Wildman–Crippen MR) is 84.2 cm³/mol. The first-order chi connectivity index (χ1) is 9.54. The van der Waals surface area contributed by atoms with Crippen LogP contribution in [0.15, 0.2) is 22.7 Å². The van der Waals surface area contributed by atoms with Crippen molar-refractivity contribution in [3.63, 3.8) is 0 Å². The molecule has 20 heavy (non-hydrogen) atoms. The molecule has 6 heteroatoms. The molecule has 2 rings (SSSR count). The molecule has 0 amide bonds. The Morgan fingerprint density at radius 2 is 2.20 bits per heavy atom. The first-order valence-corrected chi connectivity index (χ1v) is 7.44. The van der Waals surface area contributed by atoms with Crippen LogP contribution < -0.4 is 10.1 Å². The van der Waals surface area contributed by atoms with Crippen molar-refractivity contribution >= 4 is 27.5 Å². The summed E-state index contributed by atoms with van der Waals surface area (Å²) in [6.45, 7) is 3.06. The molecule has 0 bridgehead atoms. The highest BCUT2D eigenvalue weighted by Gasteiger charge is 2.13. The summed E-state index contributed by atoms with van der Waals surface area (Å²) in [6, 6.07) is 5.68. The van der Waals surface area contributed by atoms with Gasteiger partial charge in [-0.1, -0.05) is 17.7 Å². The van der Waals surface area contributed by atoms with Crippen LogP contribution in [0, 0.1) is 6.92 Å². The van der Waals surface area contributed by atoms with E-state index in [9.17, 15) is 0 Å². The molecule has 0 aliphatic rings. The molecular weight excluding hydrogens is 342 g/mol. The number of rotatable bonds is 5. The van der Waals surface area contributed by atoms with Gasteiger partial charge in [0, 0.05) is 24.2 Å². The Kier molecular flexibility index (Phi) is 5.07. The van der Waals surface area contributed by atoms with Crippen LogP contribution in [0.3, 0.4) is 0 Å². The molecule has 1 aromatic heterocycles. The molecule has 0 aliphatic heterocycles. The molecule has 1 heterocycles. The molecule has 0 aliphatic carbocycles. The number of benzene rings is 1. The third kappa shape index (κ3) is 3.16. The van der Waals surface area contributed by atoms with Gasteiger partial charge in [0.2, 0.25) is 0 Å². The summed E-state index contributed by atoms with van der Waals surface area (Å²) >= 11 is 9.75. The molecule has 0 radical (unpaired) electrons. The van der Waals surface area contributed by atoms with Gasteiger partial charge in [-0.25, -0.2) is 0 Å². The minimum absolute atomic E-state index is 0.439. The first kappa shape index (κ1) is 15.4. The second-order valence-electron chi connectivity index (χ2n) is 4.51. The van der Waals surface area contributed by atoms with Crippen molar-refractivity contribution in [2.75, 3.05) is 7.05 Å². The summed E-state index contributed by atoms with van der Waals surface area (Å²) in [5, 5.41) is 8.16. The molecule has 4 nitrogen and oxygen atoms in total. The molecular formula is C14H17BrClN3O. The van der Waals surface area contributed by atoms with Crippen molar-refractivity contribution in [1.29, 1.82) is 0 Å². The van der Waals surface area contributed by atoms with E-state index in [1.165, 1.54) is 0 Å². The second kappa shape index (κ2) is 6.61. The molecule has 0 saturated heterocycles.